The van der Waals surface area contributed by atoms with E-state index in [4.69, 9.17) is 4.74 Å². The van der Waals surface area contributed by atoms with Crippen molar-refractivity contribution in [3.05, 3.63) is 29.6 Å². The normalized spacial score (nSPS) is 24.5. The summed E-state index contributed by atoms with van der Waals surface area (Å²) in [6, 6.07) is 4.80. The number of rotatable bonds is 2. The highest BCUT2D eigenvalue weighted by Crippen LogP contribution is 2.32. The first kappa shape index (κ1) is 9.16. The van der Waals surface area contributed by atoms with Crippen LogP contribution in [0.1, 0.15) is 12.0 Å². The molecule has 0 amide bonds. The average molecular weight is 207 g/mol. The van der Waals surface area contributed by atoms with Crippen molar-refractivity contribution in [2.75, 3.05) is 13.1 Å². The van der Waals surface area contributed by atoms with Crippen LogP contribution in [0.3, 0.4) is 0 Å². The van der Waals surface area contributed by atoms with Gasteiger partial charge in [0.2, 0.25) is 0 Å². The van der Waals surface area contributed by atoms with Crippen molar-refractivity contribution in [3.8, 4) is 5.75 Å². The molecule has 0 bridgehead atoms. The maximum absolute atomic E-state index is 13.0. The molecule has 1 unspecified atom stereocenters. The van der Waals surface area contributed by atoms with Crippen molar-refractivity contribution in [2.45, 2.75) is 18.9 Å². The van der Waals surface area contributed by atoms with Gasteiger partial charge < -0.3 is 10.1 Å². The highest BCUT2D eigenvalue weighted by Gasteiger charge is 2.28. The summed E-state index contributed by atoms with van der Waals surface area (Å²) >= 11 is 0. The topological polar surface area (TPSA) is 21.3 Å². The molecule has 3 heteroatoms. The molecule has 2 heterocycles. The Morgan fingerprint density at radius 1 is 1.40 bits per heavy atom. The van der Waals surface area contributed by atoms with Crippen LogP contribution in [0.15, 0.2) is 18.2 Å². The highest BCUT2D eigenvalue weighted by atomic mass is 19.1. The predicted octanol–water partition coefficient (Wildman–Crippen LogP) is 1.74. The van der Waals surface area contributed by atoms with E-state index in [2.05, 4.69) is 5.32 Å². The number of halogens is 1. The zero-order valence-corrected chi connectivity index (χ0v) is 8.50. The van der Waals surface area contributed by atoms with Gasteiger partial charge in [-0.25, -0.2) is 4.39 Å². The average Bonchev–Trinajstić information content (AvgIpc) is 2.53. The number of benzene rings is 1. The number of ether oxygens (including phenoxy) is 1. The first-order valence-electron chi connectivity index (χ1n) is 5.47. The van der Waals surface area contributed by atoms with Crippen molar-refractivity contribution in [1.82, 2.24) is 5.32 Å². The van der Waals surface area contributed by atoms with E-state index in [0.29, 0.717) is 0 Å². The minimum atomic E-state index is -0.164. The lowest BCUT2D eigenvalue weighted by Gasteiger charge is -2.29. The Hall–Kier alpha value is -1.09. The van der Waals surface area contributed by atoms with Crippen molar-refractivity contribution in [2.24, 2.45) is 5.92 Å². The molecule has 1 fully saturated rings. The fraction of sp³-hybridized carbons (Fsp3) is 0.500. The molecule has 1 saturated heterocycles. The van der Waals surface area contributed by atoms with E-state index in [1.165, 1.54) is 6.07 Å². The first-order chi connectivity index (χ1) is 7.31. The summed E-state index contributed by atoms with van der Waals surface area (Å²) in [6.07, 6.45) is 2.21. The summed E-state index contributed by atoms with van der Waals surface area (Å²) in [5.74, 6) is 1.45. The van der Waals surface area contributed by atoms with Crippen LogP contribution in [0.2, 0.25) is 0 Å². The van der Waals surface area contributed by atoms with E-state index < -0.39 is 0 Å². The summed E-state index contributed by atoms with van der Waals surface area (Å²) < 4.78 is 18.7. The zero-order valence-electron chi connectivity index (χ0n) is 8.50. The third-order valence-electron chi connectivity index (χ3n) is 3.23. The molecule has 15 heavy (non-hydrogen) atoms. The lowest BCUT2D eigenvalue weighted by atomic mass is 9.94. The zero-order chi connectivity index (χ0) is 10.3. The van der Waals surface area contributed by atoms with E-state index >= 15 is 0 Å². The summed E-state index contributed by atoms with van der Waals surface area (Å²) in [6.45, 7) is 2.20. The standard InChI is InChI=1S/C12H14FNO/c13-10-1-2-12-9(4-10)5-11(15-12)3-8-6-14-7-8/h1-2,4,8,11,14H,3,5-7H2. The molecule has 1 N–H and O–H groups in total. The van der Waals surface area contributed by atoms with Crippen molar-refractivity contribution >= 4 is 0 Å². The lowest BCUT2D eigenvalue weighted by molar-refractivity contribution is 0.169. The van der Waals surface area contributed by atoms with Gasteiger partial charge in [0.15, 0.2) is 0 Å². The molecule has 2 aliphatic rings. The number of fused-ring (bicyclic) bond motifs is 1. The van der Waals surface area contributed by atoms with E-state index in [0.717, 1.165) is 43.2 Å². The van der Waals surface area contributed by atoms with Crippen LogP contribution in [-0.4, -0.2) is 19.2 Å². The Balaban J connectivity index is 1.68. The molecule has 0 aromatic heterocycles. The van der Waals surface area contributed by atoms with Crippen molar-refractivity contribution < 1.29 is 9.13 Å². The molecule has 2 aliphatic heterocycles. The molecular weight excluding hydrogens is 193 g/mol. The van der Waals surface area contributed by atoms with Gasteiger partial charge in [-0.15, -0.1) is 0 Å². The Kier molecular flexibility index (Phi) is 2.13. The number of nitrogens with one attached hydrogen (secondary N) is 1. The Labute approximate surface area is 88.4 Å². The molecule has 2 nitrogen and oxygen atoms in total. The lowest BCUT2D eigenvalue weighted by Crippen LogP contribution is -2.44. The second kappa shape index (κ2) is 3.49. The van der Waals surface area contributed by atoms with Gasteiger partial charge in [-0.05, 0) is 43.6 Å². The van der Waals surface area contributed by atoms with Crippen LogP contribution >= 0.6 is 0 Å². The van der Waals surface area contributed by atoms with Crippen molar-refractivity contribution in [3.63, 3.8) is 0 Å². The summed E-state index contributed by atoms with van der Waals surface area (Å²) in [7, 11) is 0. The molecular formula is C12H14FNO. The summed E-state index contributed by atoms with van der Waals surface area (Å²) in [4.78, 5) is 0. The Bertz CT molecular complexity index is 376. The predicted molar refractivity (Wildman–Crippen MR) is 55.5 cm³/mol. The van der Waals surface area contributed by atoms with Crippen LogP contribution < -0.4 is 10.1 Å². The minimum absolute atomic E-state index is 0.164. The van der Waals surface area contributed by atoms with Gasteiger partial charge >= 0.3 is 0 Å². The van der Waals surface area contributed by atoms with Gasteiger partial charge in [0.05, 0.1) is 0 Å². The van der Waals surface area contributed by atoms with Crippen LogP contribution in [-0.2, 0) is 6.42 Å². The van der Waals surface area contributed by atoms with Crippen molar-refractivity contribution in [1.29, 1.82) is 0 Å². The summed E-state index contributed by atoms with van der Waals surface area (Å²) in [5, 5.41) is 3.25. The third kappa shape index (κ3) is 1.72. The van der Waals surface area contributed by atoms with Gasteiger partial charge in [0.25, 0.3) is 0 Å². The molecule has 1 aromatic rings. The van der Waals surface area contributed by atoms with Gasteiger partial charge in [0, 0.05) is 12.0 Å². The van der Waals surface area contributed by atoms with Gasteiger partial charge in [0.1, 0.15) is 17.7 Å². The first-order valence-corrected chi connectivity index (χ1v) is 5.47. The quantitative estimate of drug-likeness (QED) is 0.797. The molecule has 1 aromatic carbocycles. The van der Waals surface area contributed by atoms with Gasteiger partial charge in [-0.3, -0.25) is 0 Å². The monoisotopic (exact) mass is 207 g/mol. The second-order valence-corrected chi connectivity index (χ2v) is 4.46. The second-order valence-electron chi connectivity index (χ2n) is 4.46. The maximum Gasteiger partial charge on any atom is 0.123 e. The third-order valence-corrected chi connectivity index (χ3v) is 3.23. The van der Waals surface area contributed by atoms with E-state index in [1.54, 1.807) is 12.1 Å². The van der Waals surface area contributed by atoms with Crippen LogP contribution in [0, 0.1) is 11.7 Å². The fourth-order valence-corrected chi connectivity index (χ4v) is 2.31. The van der Waals surface area contributed by atoms with E-state index in [-0.39, 0.29) is 11.9 Å². The van der Waals surface area contributed by atoms with Gasteiger partial charge in [-0.2, -0.15) is 0 Å². The largest absolute Gasteiger partial charge is 0.490 e. The number of hydrogen-bond donors (Lipinski definition) is 1. The molecule has 0 saturated carbocycles. The molecule has 3 rings (SSSR count). The fourth-order valence-electron chi connectivity index (χ4n) is 2.31. The molecule has 1 atom stereocenters. The Morgan fingerprint density at radius 3 is 3.00 bits per heavy atom. The molecule has 0 radical (unpaired) electrons. The maximum atomic E-state index is 13.0. The highest BCUT2D eigenvalue weighted by molar-refractivity contribution is 5.37. The van der Waals surface area contributed by atoms with E-state index in [1.807, 2.05) is 0 Å². The van der Waals surface area contributed by atoms with Crippen LogP contribution in [0.25, 0.3) is 0 Å². The SMILES string of the molecule is Fc1ccc2c(c1)CC(CC1CNC1)O2. The van der Waals surface area contributed by atoms with E-state index in [9.17, 15) is 4.39 Å². The summed E-state index contributed by atoms with van der Waals surface area (Å²) in [5.41, 5.74) is 1.02. The molecule has 80 valence electrons. The molecule has 0 spiro atoms. The number of hydrogen-bond acceptors (Lipinski definition) is 2. The van der Waals surface area contributed by atoms with Crippen LogP contribution in [0.4, 0.5) is 4.39 Å². The molecule has 0 aliphatic carbocycles. The minimum Gasteiger partial charge on any atom is -0.490 e. The smallest absolute Gasteiger partial charge is 0.123 e. The van der Waals surface area contributed by atoms with Crippen LogP contribution in [0.5, 0.6) is 5.75 Å². The Morgan fingerprint density at radius 2 is 2.27 bits per heavy atom. The van der Waals surface area contributed by atoms with Gasteiger partial charge in [-0.1, -0.05) is 0 Å².